The Balaban J connectivity index is 2.43. The molecule has 1 N–H and O–H groups in total. The van der Waals surface area contributed by atoms with Gasteiger partial charge in [-0.2, -0.15) is 0 Å². The van der Waals surface area contributed by atoms with E-state index in [2.05, 4.69) is 30.7 Å². The van der Waals surface area contributed by atoms with Gasteiger partial charge in [-0.15, -0.1) is 0 Å². The highest BCUT2D eigenvalue weighted by Gasteiger charge is 2.39. The van der Waals surface area contributed by atoms with Crippen molar-refractivity contribution in [3.05, 3.63) is 22.2 Å². The molecule has 2 atom stereocenters. The lowest BCUT2D eigenvalue weighted by Gasteiger charge is -2.39. The summed E-state index contributed by atoms with van der Waals surface area (Å²) in [5, 5.41) is 0. The highest BCUT2D eigenvalue weighted by atomic mass is 32.1. The number of aromatic nitrogens is 2. The first-order valence-electron chi connectivity index (χ1n) is 7.34. The van der Waals surface area contributed by atoms with Gasteiger partial charge in [0, 0.05) is 12.3 Å². The maximum absolute atomic E-state index is 6.14. The highest BCUT2D eigenvalue weighted by molar-refractivity contribution is 7.71. The Bertz CT molecular complexity index is 481. The third-order valence-corrected chi connectivity index (χ3v) is 4.20. The van der Waals surface area contributed by atoms with Gasteiger partial charge in [0.25, 0.3) is 0 Å². The van der Waals surface area contributed by atoms with Crippen LogP contribution in [0.2, 0.25) is 0 Å². The largest absolute Gasteiger partial charge is 0.367 e. The van der Waals surface area contributed by atoms with E-state index in [4.69, 9.17) is 17.0 Å². The van der Waals surface area contributed by atoms with Crippen molar-refractivity contribution in [1.82, 2.24) is 9.97 Å². The lowest BCUT2D eigenvalue weighted by molar-refractivity contribution is -0.0882. The molecule has 2 rings (SSSR count). The summed E-state index contributed by atoms with van der Waals surface area (Å²) >= 11 is 5.30. The normalized spacial score (nSPS) is 27.4. The van der Waals surface area contributed by atoms with E-state index in [-0.39, 0.29) is 5.60 Å². The number of H-pyrrole nitrogens is 1. The van der Waals surface area contributed by atoms with Crippen molar-refractivity contribution in [2.24, 2.45) is 5.92 Å². The average Bonchev–Trinajstić information content (AvgIpc) is 2.38. The molecule has 0 radical (unpaired) electrons. The number of hydrogen-bond donors (Lipinski definition) is 1. The van der Waals surface area contributed by atoms with E-state index in [1.165, 1.54) is 12.8 Å². The topological polar surface area (TPSA) is 37.9 Å². The van der Waals surface area contributed by atoms with Crippen molar-refractivity contribution in [2.75, 3.05) is 6.61 Å². The smallest absolute Gasteiger partial charge is 0.140 e. The van der Waals surface area contributed by atoms with Crippen LogP contribution in [0.25, 0.3) is 0 Å². The number of ether oxygens (including phenoxy) is 1. The van der Waals surface area contributed by atoms with Crippen LogP contribution in [0.4, 0.5) is 0 Å². The zero-order chi connectivity index (χ0) is 13.9. The molecule has 0 aliphatic heterocycles. The second kappa shape index (κ2) is 6.14. The molecule has 1 heterocycles. The Hall–Kier alpha value is -0.740. The lowest BCUT2D eigenvalue weighted by atomic mass is 9.78. The third kappa shape index (κ3) is 3.23. The fourth-order valence-electron chi connectivity index (χ4n) is 3.11. The van der Waals surface area contributed by atoms with Crippen LogP contribution < -0.4 is 0 Å². The molecule has 1 saturated carbocycles. The zero-order valence-electron chi connectivity index (χ0n) is 12.2. The molecular weight excluding hydrogens is 256 g/mol. The molecule has 19 heavy (non-hydrogen) atoms. The molecule has 0 bridgehead atoms. The minimum Gasteiger partial charge on any atom is -0.367 e. The van der Waals surface area contributed by atoms with Gasteiger partial charge in [-0.05, 0) is 44.6 Å². The van der Waals surface area contributed by atoms with Crippen LogP contribution in [0, 0.1) is 10.6 Å². The number of aryl methyl sites for hydroxylation is 1. The number of hydrogen-bond acceptors (Lipinski definition) is 3. The van der Waals surface area contributed by atoms with E-state index >= 15 is 0 Å². The summed E-state index contributed by atoms with van der Waals surface area (Å²) in [5.41, 5.74) is 0.887. The van der Waals surface area contributed by atoms with Gasteiger partial charge in [-0.3, -0.25) is 0 Å². The molecule has 1 aromatic rings. The van der Waals surface area contributed by atoms with Crippen LogP contribution >= 0.6 is 12.2 Å². The van der Waals surface area contributed by atoms with E-state index in [9.17, 15) is 0 Å². The number of aromatic amines is 1. The highest BCUT2D eigenvalue weighted by Crippen LogP contribution is 2.41. The van der Waals surface area contributed by atoms with E-state index in [0.717, 1.165) is 30.8 Å². The molecule has 3 nitrogen and oxygen atoms in total. The molecule has 1 aliphatic carbocycles. The van der Waals surface area contributed by atoms with Crippen LogP contribution in [0.1, 0.15) is 58.0 Å². The molecular formula is C15H24N2OS. The molecule has 1 aromatic heterocycles. The molecule has 1 fully saturated rings. The maximum Gasteiger partial charge on any atom is 0.140 e. The molecule has 1 aliphatic rings. The SMILES string of the molecule is CCOC1(c2nc(=S)cc(CC)[nH]2)CCCC(C)C1. The Morgan fingerprint density at radius 2 is 2.32 bits per heavy atom. The summed E-state index contributed by atoms with van der Waals surface area (Å²) in [5.74, 6) is 1.61. The number of nitrogens with one attached hydrogen (secondary N) is 1. The van der Waals surface area contributed by atoms with Crippen molar-refractivity contribution < 1.29 is 4.74 Å². The Morgan fingerprint density at radius 3 is 2.95 bits per heavy atom. The standard InChI is InChI=1S/C15H24N2OS/c1-4-12-9-13(19)17-14(16-12)15(18-5-2)8-6-7-11(3)10-15/h9,11H,4-8,10H2,1-3H3,(H,16,17,19). The third-order valence-electron chi connectivity index (χ3n) is 3.99. The molecule has 4 heteroatoms. The van der Waals surface area contributed by atoms with E-state index in [0.29, 0.717) is 17.2 Å². The molecule has 0 aromatic carbocycles. The molecule has 0 amide bonds. The fourth-order valence-corrected chi connectivity index (χ4v) is 3.34. The quantitative estimate of drug-likeness (QED) is 0.842. The predicted octanol–water partition coefficient (Wildman–Crippen LogP) is 4.14. The van der Waals surface area contributed by atoms with E-state index < -0.39 is 0 Å². The number of nitrogens with zero attached hydrogens (tertiary/aromatic N) is 1. The average molecular weight is 280 g/mol. The molecule has 2 unspecified atom stereocenters. The molecule has 0 spiro atoms. The van der Waals surface area contributed by atoms with Crippen LogP contribution in [-0.2, 0) is 16.8 Å². The molecule has 106 valence electrons. The Kier molecular flexibility index (Phi) is 4.74. The van der Waals surface area contributed by atoms with Gasteiger partial charge in [0.15, 0.2) is 0 Å². The van der Waals surface area contributed by atoms with Gasteiger partial charge >= 0.3 is 0 Å². The van der Waals surface area contributed by atoms with Gasteiger partial charge in [-0.25, -0.2) is 4.98 Å². The van der Waals surface area contributed by atoms with Gasteiger partial charge in [-0.1, -0.05) is 32.5 Å². The van der Waals surface area contributed by atoms with Crippen LogP contribution in [0.5, 0.6) is 0 Å². The van der Waals surface area contributed by atoms with Crippen molar-refractivity contribution >= 4 is 12.2 Å². The van der Waals surface area contributed by atoms with Gasteiger partial charge in [0.2, 0.25) is 0 Å². The summed E-state index contributed by atoms with van der Waals surface area (Å²) in [6, 6.07) is 1.95. The van der Waals surface area contributed by atoms with Gasteiger partial charge in [0.1, 0.15) is 16.1 Å². The van der Waals surface area contributed by atoms with Crippen LogP contribution in [0.3, 0.4) is 0 Å². The summed E-state index contributed by atoms with van der Waals surface area (Å²) in [6.45, 7) is 7.19. The first-order valence-corrected chi connectivity index (χ1v) is 7.75. The monoisotopic (exact) mass is 280 g/mol. The van der Waals surface area contributed by atoms with E-state index in [1.807, 2.05) is 6.07 Å². The fraction of sp³-hybridized carbons (Fsp3) is 0.733. The van der Waals surface area contributed by atoms with Crippen molar-refractivity contribution in [2.45, 2.75) is 58.5 Å². The van der Waals surface area contributed by atoms with Crippen molar-refractivity contribution in [1.29, 1.82) is 0 Å². The van der Waals surface area contributed by atoms with Gasteiger partial charge < -0.3 is 9.72 Å². The van der Waals surface area contributed by atoms with Gasteiger partial charge in [0.05, 0.1) is 0 Å². The minimum absolute atomic E-state index is 0.259. The summed E-state index contributed by atoms with van der Waals surface area (Å²) < 4.78 is 6.81. The number of rotatable bonds is 4. The molecule has 0 saturated heterocycles. The predicted molar refractivity (Wildman–Crippen MR) is 79.7 cm³/mol. The van der Waals surface area contributed by atoms with Crippen molar-refractivity contribution in [3.8, 4) is 0 Å². The second-order valence-electron chi connectivity index (χ2n) is 5.58. The Morgan fingerprint density at radius 1 is 1.53 bits per heavy atom. The summed E-state index contributed by atoms with van der Waals surface area (Å²) in [7, 11) is 0. The summed E-state index contributed by atoms with van der Waals surface area (Å²) in [6.07, 6.45) is 5.49. The maximum atomic E-state index is 6.14. The van der Waals surface area contributed by atoms with Crippen LogP contribution in [-0.4, -0.2) is 16.6 Å². The zero-order valence-corrected chi connectivity index (χ0v) is 13.0. The van der Waals surface area contributed by atoms with Crippen LogP contribution in [0.15, 0.2) is 6.07 Å². The van der Waals surface area contributed by atoms with Crippen molar-refractivity contribution in [3.63, 3.8) is 0 Å². The Labute approximate surface area is 120 Å². The summed E-state index contributed by atoms with van der Waals surface area (Å²) in [4.78, 5) is 8.01. The second-order valence-corrected chi connectivity index (χ2v) is 5.99. The minimum atomic E-state index is -0.259. The van der Waals surface area contributed by atoms with E-state index in [1.54, 1.807) is 0 Å². The first kappa shape index (κ1) is 14.7. The first-order chi connectivity index (χ1) is 9.09. The lowest BCUT2D eigenvalue weighted by Crippen LogP contribution is -2.37.